The molecule has 2 rings (SSSR count). The van der Waals surface area contributed by atoms with Crippen LogP contribution in [0.5, 0.6) is 0 Å². The Morgan fingerprint density at radius 2 is 2.05 bits per heavy atom. The van der Waals surface area contributed by atoms with Crippen molar-refractivity contribution in [1.29, 1.82) is 0 Å². The molecule has 0 unspecified atom stereocenters. The highest BCUT2D eigenvalue weighted by molar-refractivity contribution is 6.31. The van der Waals surface area contributed by atoms with E-state index in [9.17, 15) is 0 Å². The topological polar surface area (TPSA) is 28.2 Å². The van der Waals surface area contributed by atoms with Crippen LogP contribution in [0, 0.1) is 5.92 Å². The van der Waals surface area contributed by atoms with Crippen molar-refractivity contribution in [2.45, 2.75) is 45.6 Å². The van der Waals surface area contributed by atoms with Crippen LogP contribution in [0.2, 0.25) is 5.02 Å². The second-order valence-electron chi connectivity index (χ2n) is 5.76. The smallest absolute Gasteiger partial charge is 0.128 e. The van der Waals surface area contributed by atoms with Crippen molar-refractivity contribution in [2.75, 3.05) is 25.0 Å². The fourth-order valence-corrected chi connectivity index (χ4v) is 3.08. The van der Waals surface area contributed by atoms with Crippen molar-refractivity contribution in [1.82, 2.24) is 10.3 Å². The Morgan fingerprint density at radius 3 is 2.75 bits per heavy atom. The van der Waals surface area contributed by atoms with Crippen LogP contribution in [0.25, 0.3) is 0 Å². The molecule has 1 aromatic rings. The van der Waals surface area contributed by atoms with Gasteiger partial charge in [0.05, 0.1) is 10.7 Å². The third-order valence-electron chi connectivity index (χ3n) is 4.09. The molecule has 0 aliphatic heterocycles. The Hall–Kier alpha value is -0.800. The number of nitrogens with one attached hydrogen (secondary N) is 1. The SMILES string of the molecule is CCNCc1nc(N(C)CC2CCCCC2)ccc1Cl. The van der Waals surface area contributed by atoms with Crippen LogP contribution in [-0.2, 0) is 6.54 Å². The molecule has 1 N–H and O–H groups in total. The zero-order valence-corrected chi connectivity index (χ0v) is 13.4. The molecule has 0 bridgehead atoms. The Kier molecular flexibility index (Phi) is 6.11. The molecular weight excluding hydrogens is 270 g/mol. The van der Waals surface area contributed by atoms with E-state index in [0.717, 1.165) is 42.1 Å². The van der Waals surface area contributed by atoms with Gasteiger partial charge in [0, 0.05) is 20.1 Å². The fourth-order valence-electron chi connectivity index (χ4n) is 2.90. The molecule has 1 heterocycles. The molecule has 1 fully saturated rings. The van der Waals surface area contributed by atoms with Gasteiger partial charge in [0.25, 0.3) is 0 Å². The number of aromatic nitrogens is 1. The Balaban J connectivity index is 1.99. The van der Waals surface area contributed by atoms with Crippen molar-refractivity contribution in [3.63, 3.8) is 0 Å². The van der Waals surface area contributed by atoms with E-state index in [2.05, 4.69) is 24.2 Å². The van der Waals surface area contributed by atoms with Gasteiger partial charge in [-0.1, -0.05) is 37.8 Å². The number of nitrogens with zero attached hydrogens (tertiary/aromatic N) is 2. The van der Waals surface area contributed by atoms with Crippen LogP contribution >= 0.6 is 11.6 Å². The molecule has 0 amide bonds. The number of hydrogen-bond donors (Lipinski definition) is 1. The first-order valence-corrected chi connectivity index (χ1v) is 8.15. The molecule has 1 aliphatic carbocycles. The van der Waals surface area contributed by atoms with Gasteiger partial charge in [-0.15, -0.1) is 0 Å². The summed E-state index contributed by atoms with van der Waals surface area (Å²) in [4.78, 5) is 6.99. The minimum Gasteiger partial charge on any atom is -0.359 e. The third kappa shape index (κ3) is 4.35. The summed E-state index contributed by atoms with van der Waals surface area (Å²) < 4.78 is 0. The summed E-state index contributed by atoms with van der Waals surface area (Å²) in [7, 11) is 2.14. The first kappa shape index (κ1) is 15.6. The van der Waals surface area contributed by atoms with Gasteiger partial charge in [0.1, 0.15) is 5.82 Å². The molecule has 0 radical (unpaired) electrons. The maximum absolute atomic E-state index is 6.21. The van der Waals surface area contributed by atoms with Crippen LogP contribution < -0.4 is 10.2 Å². The minimum absolute atomic E-state index is 0.737. The fraction of sp³-hybridized carbons (Fsp3) is 0.688. The molecule has 4 heteroatoms. The molecule has 0 atom stereocenters. The molecule has 1 aromatic heterocycles. The first-order chi connectivity index (χ1) is 9.70. The van der Waals surface area contributed by atoms with Gasteiger partial charge >= 0.3 is 0 Å². The van der Waals surface area contributed by atoms with Crippen molar-refractivity contribution in [3.05, 3.63) is 22.8 Å². The Morgan fingerprint density at radius 1 is 1.30 bits per heavy atom. The van der Waals surface area contributed by atoms with Gasteiger partial charge in [-0.2, -0.15) is 0 Å². The number of pyridine rings is 1. The normalized spacial score (nSPS) is 16.4. The summed E-state index contributed by atoms with van der Waals surface area (Å²) in [6.45, 7) is 4.86. The average Bonchev–Trinajstić information content (AvgIpc) is 2.47. The summed E-state index contributed by atoms with van der Waals surface area (Å²) in [5.74, 6) is 1.86. The second kappa shape index (κ2) is 7.84. The molecule has 112 valence electrons. The molecule has 20 heavy (non-hydrogen) atoms. The summed E-state index contributed by atoms with van der Waals surface area (Å²) in [6.07, 6.45) is 6.91. The Labute approximate surface area is 127 Å². The predicted octanol–water partition coefficient (Wildman–Crippen LogP) is 3.86. The molecule has 1 aliphatic rings. The number of hydrogen-bond acceptors (Lipinski definition) is 3. The van der Waals surface area contributed by atoms with Crippen molar-refractivity contribution in [3.8, 4) is 0 Å². The number of rotatable bonds is 6. The van der Waals surface area contributed by atoms with Crippen molar-refractivity contribution < 1.29 is 0 Å². The lowest BCUT2D eigenvalue weighted by Crippen LogP contribution is -2.28. The van der Waals surface area contributed by atoms with E-state index >= 15 is 0 Å². The molecule has 0 aromatic carbocycles. The van der Waals surface area contributed by atoms with Gasteiger partial charge in [-0.05, 0) is 37.4 Å². The number of anilines is 1. The maximum atomic E-state index is 6.21. The van der Waals surface area contributed by atoms with Gasteiger partial charge in [-0.3, -0.25) is 0 Å². The summed E-state index contributed by atoms with van der Waals surface area (Å²) in [5.41, 5.74) is 0.946. The largest absolute Gasteiger partial charge is 0.359 e. The van der Waals surface area contributed by atoms with Gasteiger partial charge in [0.2, 0.25) is 0 Å². The van der Waals surface area contributed by atoms with E-state index in [0.29, 0.717) is 0 Å². The van der Waals surface area contributed by atoms with E-state index in [-0.39, 0.29) is 0 Å². The highest BCUT2D eigenvalue weighted by Crippen LogP contribution is 2.26. The van der Waals surface area contributed by atoms with Gasteiger partial charge in [0.15, 0.2) is 0 Å². The summed E-state index contributed by atoms with van der Waals surface area (Å²) in [5, 5.41) is 4.04. The summed E-state index contributed by atoms with van der Waals surface area (Å²) >= 11 is 6.21. The van der Waals surface area contributed by atoms with Crippen molar-refractivity contribution >= 4 is 17.4 Å². The predicted molar refractivity (Wildman–Crippen MR) is 86.5 cm³/mol. The quantitative estimate of drug-likeness (QED) is 0.864. The van der Waals surface area contributed by atoms with E-state index in [1.807, 2.05) is 12.1 Å². The van der Waals surface area contributed by atoms with Crippen molar-refractivity contribution in [2.24, 2.45) is 5.92 Å². The summed E-state index contributed by atoms with van der Waals surface area (Å²) in [6, 6.07) is 3.99. The lowest BCUT2D eigenvalue weighted by Gasteiger charge is -2.28. The van der Waals surface area contributed by atoms with Crippen LogP contribution in [0.3, 0.4) is 0 Å². The molecular formula is C16H26ClN3. The molecule has 1 saturated carbocycles. The standard InChI is InChI=1S/C16H26ClN3/c1-3-18-11-15-14(17)9-10-16(19-15)20(2)12-13-7-5-4-6-8-13/h9-10,13,18H,3-8,11-12H2,1-2H3. The monoisotopic (exact) mass is 295 g/mol. The van der Waals surface area contributed by atoms with E-state index in [1.165, 1.54) is 32.1 Å². The average molecular weight is 296 g/mol. The zero-order valence-electron chi connectivity index (χ0n) is 12.7. The van der Waals surface area contributed by atoms with Gasteiger partial charge < -0.3 is 10.2 Å². The maximum Gasteiger partial charge on any atom is 0.128 e. The molecule has 0 saturated heterocycles. The van der Waals surface area contributed by atoms with E-state index < -0.39 is 0 Å². The highest BCUT2D eigenvalue weighted by atomic mass is 35.5. The van der Waals surface area contributed by atoms with Gasteiger partial charge in [-0.25, -0.2) is 4.98 Å². The van der Waals surface area contributed by atoms with Crippen LogP contribution in [0.15, 0.2) is 12.1 Å². The molecule has 0 spiro atoms. The van der Waals surface area contributed by atoms with E-state index in [4.69, 9.17) is 16.6 Å². The minimum atomic E-state index is 0.737. The lowest BCUT2D eigenvalue weighted by molar-refractivity contribution is 0.361. The third-order valence-corrected chi connectivity index (χ3v) is 4.44. The Bertz CT molecular complexity index is 416. The zero-order chi connectivity index (χ0) is 14.4. The highest BCUT2D eigenvalue weighted by Gasteiger charge is 2.16. The second-order valence-corrected chi connectivity index (χ2v) is 6.17. The number of halogens is 1. The van der Waals surface area contributed by atoms with E-state index in [1.54, 1.807) is 0 Å². The van der Waals surface area contributed by atoms with Crippen LogP contribution in [0.4, 0.5) is 5.82 Å². The lowest BCUT2D eigenvalue weighted by atomic mass is 9.89. The first-order valence-electron chi connectivity index (χ1n) is 7.78. The van der Waals surface area contributed by atoms with Crippen LogP contribution in [0.1, 0.15) is 44.7 Å². The van der Waals surface area contributed by atoms with Crippen LogP contribution in [-0.4, -0.2) is 25.1 Å². The molecule has 3 nitrogen and oxygen atoms in total.